The van der Waals surface area contributed by atoms with Gasteiger partial charge in [-0.3, -0.25) is 9.59 Å². The van der Waals surface area contributed by atoms with Crippen molar-refractivity contribution in [2.75, 3.05) is 7.05 Å². The van der Waals surface area contributed by atoms with E-state index in [1.54, 1.807) is 12.1 Å². The fraction of sp³-hybridized carbons (Fsp3) is 0.308. The Bertz CT molecular complexity index is 1420. The molecule has 0 atom stereocenters. The lowest BCUT2D eigenvalue weighted by molar-refractivity contribution is -0.117. The smallest absolute Gasteiger partial charge is 0.339 e. The molecule has 0 unspecified atom stereocenters. The minimum atomic E-state index is -4.24. The third kappa shape index (κ3) is 4.48. The second-order valence-corrected chi connectivity index (χ2v) is 12.8. The summed E-state index contributed by atoms with van der Waals surface area (Å²) < 4.78 is 33.3. The van der Waals surface area contributed by atoms with Crippen LogP contribution in [0.3, 0.4) is 0 Å². The molecule has 10 heteroatoms. The monoisotopic (exact) mass is 653 g/mol. The van der Waals surface area contributed by atoms with Crippen LogP contribution in [0.5, 0.6) is 5.75 Å². The number of carbonyl (C=O) groups excluding carboxylic acids is 2. The summed E-state index contributed by atoms with van der Waals surface area (Å²) in [5.74, 6) is -0.713. The summed E-state index contributed by atoms with van der Waals surface area (Å²) in [4.78, 5) is 28.6. The van der Waals surface area contributed by atoms with Crippen LogP contribution in [0, 0.1) is 0 Å². The highest BCUT2D eigenvalue weighted by Gasteiger charge is 2.44. The molecule has 0 radical (unpaired) electrons. The van der Waals surface area contributed by atoms with Crippen molar-refractivity contribution in [1.82, 2.24) is 4.90 Å². The van der Waals surface area contributed by atoms with Crippen LogP contribution in [0.1, 0.15) is 50.0 Å². The zero-order valence-electron chi connectivity index (χ0n) is 19.3. The lowest BCUT2D eigenvalue weighted by atomic mass is 9.71. The van der Waals surface area contributed by atoms with Crippen molar-refractivity contribution in [3.05, 3.63) is 78.5 Å². The van der Waals surface area contributed by atoms with Crippen LogP contribution >= 0.6 is 43.5 Å². The van der Waals surface area contributed by atoms with E-state index in [9.17, 15) is 18.0 Å². The van der Waals surface area contributed by atoms with E-state index < -0.39 is 16.0 Å². The van der Waals surface area contributed by atoms with Gasteiger partial charge >= 0.3 is 10.1 Å². The molecule has 1 heterocycles. The van der Waals surface area contributed by atoms with E-state index >= 15 is 0 Å². The van der Waals surface area contributed by atoms with Gasteiger partial charge in [0.05, 0.1) is 4.47 Å². The Kier molecular flexibility index (Phi) is 6.95. The maximum absolute atomic E-state index is 13.3. The van der Waals surface area contributed by atoms with Gasteiger partial charge in [-0.2, -0.15) is 8.42 Å². The van der Waals surface area contributed by atoms with Gasteiger partial charge in [-0.15, -0.1) is 0 Å². The molecule has 2 aromatic carbocycles. The number of rotatable bonds is 4. The molecular formula is C26H22Br2ClNO5S. The topological polar surface area (TPSA) is 80.8 Å². The third-order valence-electron chi connectivity index (χ3n) is 6.89. The van der Waals surface area contributed by atoms with Crippen molar-refractivity contribution in [2.24, 2.45) is 0 Å². The highest BCUT2D eigenvalue weighted by Crippen LogP contribution is 2.52. The predicted molar refractivity (Wildman–Crippen MR) is 143 cm³/mol. The Morgan fingerprint density at radius 1 is 0.917 bits per heavy atom. The number of Topliss-reactive ketones (excluding diaryl/α,β-unsaturated/α-hetero) is 2. The molecule has 2 aliphatic carbocycles. The van der Waals surface area contributed by atoms with Gasteiger partial charge in [-0.05, 0) is 78.0 Å². The van der Waals surface area contributed by atoms with Crippen LogP contribution in [0.2, 0.25) is 5.02 Å². The van der Waals surface area contributed by atoms with E-state index in [0.717, 1.165) is 24.2 Å². The molecule has 3 aliphatic rings. The van der Waals surface area contributed by atoms with Crippen molar-refractivity contribution in [1.29, 1.82) is 0 Å². The summed E-state index contributed by atoms with van der Waals surface area (Å²) in [6.45, 7) is 0. The summed E-state index contributed by atoms with van der Waals surface area (Å²) in [5.41, 5.74) is 3.35. The average molecular weight is 656 g/mol. The molecule has 36 heavy (non-hydrogen) atoms. The van der Waals surface area contributed by atoms with E-state index in [0.29, 0.717) is 56.4 Å². The third-order valence-corrected chi connectivity index (χ3v) is 9.42. The van der Waals surface area contributed by atoms with Crippen LogP contribution in [0.25, 0.3) is 0 Å². The van der Waals surface area contributed by atoms with Crippen LogP contribution in [0.4, 0.5) is 0 Å². The Hall–Kier alpha value is -1.94. The lowest BCUT2D eigenvalue weighted by Crippen LogP contribution is -2.37. The standard InChI is InChI=1S/C26H22Br2ClNO5S/c1-30-19-4-2-6-21(31)24(19)23(25-20(30)5-3-7-22(25)32)17-12-14(27)13-18(28)26(17)35-36(33,34)16-10-8-15(29)9-11-16/h8-13,23H,2-7H2,1H3. The van der Waals surface area contributed by atoms with E-state index in [2.05, 4.69) is 31.9 Å². The summed E-state index contributed by atoms with van der Waals surface area (Å²) in [6.07, 6.45) is 3.67. The number of allylic oxidation sites excluding steroid dienone is 4. The number of benzene rings is 2. The molecule has 0 aromatic heterocycles. The second kappa shape index (κ2) is 9.74. The molecule has 0 bridgehead atoms. The van der Waals surface area contributed by atoms with E-state index in [4.69, 9.17) is 15.8 Å². The largest absolute Gasteiger partial charge is 0.377 e. The molecule has 0 N–H and O–H groups in total. The number of carbonyl (C=O) groups is 2. The molecule has 0 spiro atoms. The Morgan fingerprint density at radius 2 is 1.47 bits per heavy atom. The summed E-state index contributed by atoms with van der Waals surface area (Å²) >= 11 is 12.9. The fourth-order valence-corrected chi connectivity index (χ4v) is 7.85. The van der Waals surface area contributed by atoms with Crippen LogP contribution in [-0.2, 0) is 19.7 Å². The Morgan fingerprint density at radius 3 is 2.03 bits per heavy atom. The van der Waals surface area contributed by atoms with Crippen molar-refractivity contribution < 1.29 is 22.2 Å². The van der Waals surface area contributed by atoms with Gasteiger partial charge in [0, 0.05) is 63.4 Å². The Balaban J connectivity index is 1.73. The van der Waals surface area contributed by atoms with E-state index in [-0.39, 0.29) is 22.2 Å². The SMILES string of the molecule is CN1C2=C(C(=O)CCC2)C(c2cc(Br)cc(Br)c2OS(=O)(=O)c2ccc(Cl)cc2)C2=C1CCCC2=O. The lowest BCUT2D eigenvalue weighted by Gasteiger charge is -2.42. The second-order valence-electron chi connectivity index (χ2n) is 9.06. The molecule has 0 amide bonds. The quantitative estimate of drug-likeness (QED) is 0.342. The Labute approximate surface area is 231 Å². The molecule has 0 fully saturated rings. The minimum Gasteiger partial charge on any atom is -0.377 e. The number of ketones is 2. The number of nitrogens with zero attached hydrogens (tertiary/aromatic N) is 1. The van der Waals surface area contributed by atoms with Crippen molar-refractivity contribution in [3.8, 4) is 5.75 Å². The van der Waals surface area contributed by atoms with Crippen LogP contribution in [0.15, 0.2) is 72.8 Å². The highest BCUT2D eigenvalue weighted by atomic mass is 79.9. The van der Waals surface area contributed by atoms with Gasteiger partial charge in [-0.1, -0.05) is 27.5 Å². The van der Waals surface area contributed by atoms with E-state index in [1.807, 2.05) is 11.9 Å². The van der Waals surface area contributed by atoms with Gasteiger partial charge in [0.25, 0.3) is 0 Å². The van der Waals surface area contributed by atoms with Crippen LogP contribution < -0.4 is 4.18 Å². The first-order valence-electron chi connectivity index (χ1n) is 11.5. The van der Waals surface area contributed by atoms with Crippen molar-refractivity contribution >= 4 is 65.1 Å². The molecule has 5 rings (SSSR count). The molecule has 0 saturated carbocycles. The van der Waals surface area contributed by atoms with Gasteiger partial charge in [0.1, 0.15) is 4.90 Å². The minimum absolute atomic E-state index is 0.0272. The normalized spacial score (nSPS) is 18.9. The summed E-state index contributed by atoms with van der Waals surface area (Å²) in [5, 5.41) is 0.399. The molecule has 0 saturated heterocycles. The first-order valence-corrected chi connectivity index (χ1v) is 14.9. The number of hydrogen-bond donors (Lipinski definition) is 0. The van der Waals surface area contributed by atoms with Crippen molar-refractivity contribution in [2.45, 2.75) is 49.3 Å². The van der Waals surface area contributed by atoms with Gasteiger partial charge in [0.15, 0.2) is 17.3 Å². The molecule has 2 aromatic rings. The van der Waals surface area contributed by atoms with Gasteiger partial charge in [-0.25, -0.2) is 0 Å². The van der Waals surface area contributed by atoms with Crippen LogP contribution in [-0.4, -0.2) is 31.9 Å². The maximum Gasteiger partial charge on any atom is 0.339 e. The molecule has 1 aliphatic heterocycles. The highest BCUT2D eigenvalue weighted by molar-refractivity contribution is 9.11. The molecular weight excluding hydrogens is 634 g/mol. The van der Waals surface area contributed by atoms with Crippen molar-refractivity contribution in [3.63, 3.8) is 0 Å². The fourth-order valence-electron chi connectivity index (χ4n) is 5.31. The number of hydrogen-bond acceptors (Lipinski definition) is 6. The zero-order chi connectivity index (χ0) is 25.8. The zero-order valence-corrected chi connectivity index (χ0v) is 24.1. The number of halogens is 3. The summed E-state index contributed by atoms with van der Waals surface area (Å²) in [6, 6.07) is 9.11. The predicted octanol–water partition coefficient (Wildman–Crippen LogP) is 6.68. The first kappa shape index (κ1) is 25.7. The molecule has 6 nitrogen and oxygen atoms in total. The average Bonchev–Trinajstić information content (AvgIpc) is 2.82. The van der Waals surface area contributed by atoms with Gasteiger partial charge < -0.3 is 9.08 Å². The maximum atomic E-state index is 13.3. The van der Waals surface area contributed by atoms with Gasteiger partial charge in [0.2, 0.25) is 0 Å². The summed E-state index contributed by atoms with van der Waals surface area (Å²) in [7, 11) is -2.33. The first-order chi connectivity index (χ1) is 17.1. The van der Waals surface area contributed by atoms with E-state index in [1.165, 1.54) is 24.3 Å². The molecule has 188 valence electrons.